The number of ether oxygens (including phenoxy) is 2. The number of likely N-dealkylation sites (N-methyl/N-ethyl adjacent to an activating group) is 1. The molecule has 1 aliphatic heterocycles. The molecule has 0 atom stereocenters. The maximum absolute atomic E-state index is 13.0. The number of fused-ring (bicyclic) bond motifs is 1. The van der Waals surface area contributed by atoms with Crippen LogP contribution in [0.1, 0.15) is 35.3 Å². The largest absolute Gasteiger partial charge is 0.490 e. The summed E-state index contributed by atoms with van der Waals surface area (Å²) in [5, 5.41) is 3.56. The average Bonchev–Trinajstić information content (AvgIpc) is 2.90. The van der Waals surface area contributed by atoms with Crippen LogP contribution in [0.2, 0.25) is 5.02 Å². The molecule has 192 valence electrons. The fourth-order valence-electron chi connectivity index (χ4n) is 3.94. The Labute approximate surface area is 226 Å². The number of amides is 2. The molecule has 37 heavy (non-hydrogen) atoms. The van der Waals surface area contributed by atoms with Crippen LogP contribution in [0.4, 0.5) is 5.69 Å². The van der Waals surface area contributed by atoms with E-state index in [1.807, 2.05) is 56.3 Å². The smallest absolute Gasteiger partial charge is 0.264 e. The summed E-state index contributed by atoms with van der Waals surface area (Å²) in [6.45, 7) is 5.44. The fraction of sp³-hybridized carbons (Fsp3) is 0.241. The molecule has 1 N–H and O–H groups in total. The van der Waals surface area contributed by atoms with Crippen molar-refractivity contribution in [2.75, 3.05) is 31.7 Å². The van der Waals surface area contributed by atoms with Gasteiger partial charge in [-0.1, -0.05) is 47.6 Å². The van der Waals surface area contributed by atoms with E-state index in [1.54, 1.807) is 36.2 Å². The van der Waals surface area contributed by atoms with E-state index < -0.39 is 0 Å². The lowest BCUT2D eigenvalue weighted by Gasteiger charge is -2.27. The molecule has 0 radical (unpaired) electrons. The van der Waals surface area contributed by atoms with Gasteiger partial charge in [0.1, 0.15) is 0 Å². The molecule has 0 bridgehead atoms. The van der Waals surface area contributed by atoms with E-state index >= 15 is 0 Å². The van der Waals surface area contributed by atoms with E-state index in [2.05, 4.69) is 5.32 Å². The summed E-state index contributed by atoms with van der Waals surface area (Å²) in [7, 11) is 1.71. The first kappa shape index (κ1) is 26.6. The van der Waals surface area contributed by atoms with Crippen molar-refractivity contribution in [1.82, 2.24) is 5.32 Å². The fourth-order valence-corrected chi connectivity index (χ4v) is 5.22. The normalized spacial score (nSPS) is 13.9. The lowest BCUT2D eigenvalue weighted by atomic mass is 10.1. The number of thioether (sulfide) groups is 1. The van der Waals surface area contributed by atoms with E-state index in [-0.39, 0.29) is 11.8 Å². The number of carbonyl (C=O) groups is 2. The van der Waals surface area contributed by atoms with Gasteiger partial charge in [0.15, 0.2) is 11.5 Å². The molecule has 3 aromatic rings. The van der Waals surface area contributed by atoms with Gasteiger partial charge < -0.3 is 19.7 Å². The van der Waals surface area contributed by atoms with Crippen molar-refractivity contribution in [2.24, 2.45) is 0 Å². The number of hydrogen-bond donors (Lipinski definition) is 1. The Hall–Kier alpha value is -3.42. The molecule has 1 heterocycles. The van der Waals surface area contributed by atoms with E-state index in [9.17, 15) is 9.59 Å². The van der Waals surface area contributed by atoms with Crippen molar-refractivity contribution in [2.45, 2.75) is 25.2 Å². The number of anilines is 1. The summed E-state index contributed by atoms with van der Waals surface area (Å²) in [6, 6.07) is 18.6. The Balaban J connectivity index is 1.43. The first-order valence-electron chi connectivity index (χ1n) is 12.1. The van der Waals surface area contributed by atoms with Crippen molar-refractivity contribution < 1.29 is 19.1 Å². The summed E-state index contributed by atoms with van der Waals surface area (Å²) < 4.78 is 11.3. The minimum Gasteiger partial charge on any atom is -0.490 e. The molecular weight excluding hydrogens is 508 g/mol. The topological polar surface area (TPSA) is 67.9 Å². The predicted octanol–water partition coefficient (Wildman–Crippen LogP) is 6.22. The molecule has 0 fully saturated rings. The van der Waals surface area contributed by atoms with Crippen molar-refractivity contribution >= 4 is 46.9 Å². The highest BCUT2D eigenvalue weighted by molar-refractivity contribution is 8.04. The number of hydrogen-bond acceptors (Lipinski definition) is 5. The van der Waals surface area contributed by atoms with Crippen LogP contribution in [0, 0.1) is 0 Å². The van der Waals surface area contributed by atoms with Crippen LogP contribution in [0.5, 0.6) is 11.5 Å². The SMILES string of the molecule is CCOc1ccc(CCNC(=O)c2ccc3c(c2)N(C)C(=O)/C(=C/c2ccccc2Cl)S3)cc1OCC. The number of nitrogens with zero attached hydrogens (tertiary/aromatic N) is 1. The standard InChI is InChI=1S/C29H29ClN2O4S/c1-4-35-24-12-10-19(16-25(24)36-5-2)14-15-31-28(33)21-11-13-26-23(17-21)32(3)29(34)27(37-26)18-20-8-6-7-9-22(20)30/h6-13,16-18H,4-5,14-15H2,1-3H3,(H,31,33)/b27-18-. The quantitative estimate of drug-likeness (QED) is 0.329. The summed E-state index contributed by atoms with van der Waals surface area (Å²) >= 11 is 7.65. The van der Waals surface area contributed by atoms with Gasteiger partial charge in [-0.15, -0.1) is 0 Å². The highest BCUT2D eigenvalue weighted by Gasteiger charge is 2.27. The molecule has 1 aliphatic rings. The Kier molecular flexibility index (Phi) is 8.79. The minimum atomic E-state index is -0.193. The molecule has 0 spiro atoms. The average molecular weight is 537 g/mol. The van der Waals surface area contributed by atoms with Gasteiger partial charge in [0.2, 0.25) is 0 Å². The van der Waals surface area contributed by atoms with Crippen LogP contribution in [-0.2, 0) is 11.2 Å². The van der Waals surface area contributed by atoms with E-state index in [0.29, 0.717) is 58.9 Å². The van der Waals surface area contributed by atoms with E-state index in [0.717, 1.165) is 16.0 Å². The first-order valence-corrected chi connectivity index (χ1v) is 13.3. The predicted molar refractivity (Wildman–Crippen MR) is 150 cm³/mol. The van der Waals surface area contributed by atoms with Gasteiger partial charge in [-0.05, 0) is 73.9 Å². The van der Waals surface area contributed by atoms with Gasteiger partial charge in [-0.3, -0.25) is 9.59 Å². The van der Waals surface area contributed by atoms with Crippen LogP contribution in [-0.4, -0.2) is 38.6 Å². The number of benzene rings is 3. The lowest BCUT2D eigenvalue weighted by Crippen LogP contribution is -2.31. The van der Waals surface area contributed by atoms with Crippen molar-refractivity contribution in [3.63, 3.8) is 0 Å². The van der Waals surface area contributed by atoms with Gasteiger partial charge in [0.25, 0.3) is 11.8 Å². The second kappa shape index (κ2) is 12.2. The summed E-state index contributed by atoms with van der Waals surface area (Å²) in [4.78, 5) is 28.9. The molecule has 0 saturated carbocycles. The molecule has 2 amide bonds. The molecule has 6 nitrogen and oxygen atoms in total. The molecule has 8 heteroatoms. The van der Waals surface area contributed by atoms with Crippen molar-refractivity contribution in [3.8, 4) is 11.5 Å². The summed E-state index contributed by atoms with van der Waals surface area (Å²) in [6.07, 6.45) is 2.45. The van der Waals surface area contributed by atoms with Crippen LogP contribution in [0.25, 0.3) is 6.08 Å². The van der Waals surface area contributed by atoms with Crippen molar-refractivity contribution in [1.29, 1.82) is 0 Å². The lowest BCUT2D eigenvalue weighted by molar-refractivity contribution is -0.114. The number of halogens is 1. The van der Waals surface area contributed by atoms with E-state index in [4.69, 9.17) is 21.1 Å². The second-order valence-electron chi connectivity index (χ2n) is 8.33. The monoisotopic (exact) mass is 536 g/mol. The van der Waals surface area contributed by atoms with Crippen LogP contribution < -0.4 is 19.7 Å². The zero-order chi connectivity index (χ0) is 26.4. The van der Waals surface area contributed by atoms with Gasteiger partial charge in [0, 0.05) is 29.1 Å². The highest BCUT2D eigenvalue weighted by Crippen LogP contribution is 2.42. The Morgan fingerprint density at radius 2 is 1.78 bits per heavy atom. The molecule has 4 rings (SSSR count). The number of rotatable bonds is 9. The van der Waals surface area contributed by atoms with Crippen molar-refractivity contribution in [3.05, 3.63) is 87.3 Å². The van der Waals surface area contributed by atoms with Crippen LogP contribution in [0.3, 0.4) is 0 Å². The first-order chi connectivity index (χ1) is 17.9. The van der Waals surface area contributed by atoms with Gasteiger partial charge in [0.05, 0.1) is 23.8 Å². The molecule has 0 saturated heterocycles. The zero-order valence-electron chi connectivity index (χ0n) is 21.0. The van der Waals surface area contributed by atoms with Gasteiger partial charge in [-0.25, -0.2) is 0 Å². The third kappa shape index (κ3) is 6.29. The maximum Gasteiger partial charge on any atom is 0.264 e. The number of nitrogens with one attached hydrogen (secondary N) is 1. The van der Waals surface area contributed by atoms with Gasteiger partial charge in [-0.2, -0.15) is 0 Å². The van der Waals surface area contributed by atoms with E-state index in [1.165, 1.54) is 11.8 Å². The Bertz CT molecular complexity index is 1340. The third-order valence-corrected chi connectivity index (χ3v) is 7.24. The maximum atomic E-state index is 13.0. The second-order valence-corrected chi connectivity index (χ2v) is 9.82. The number of carbonyl (C=O) groups excluding carboxylic acids is 2. The van der Waals surface area contributed by atoms with Crippen LogP contribution >= 0.6 is 23.4 Å². The summed E-state index contributed by atoms with van der Waals surface area (Å²) in [5.74, 6) is 1.08. The molecule has 3 aromatic carbocycles. The Morgan fingerprint density at radius 3 is 2.54 bits per heavy atom. The zero-order valence-corrected chi connectivity index (χ0v) is 22.6. The summed E-state index contributed by atoms with van der Waals surface area (Å²) in [5.41, 5.74) is 3.03. The molecular formula is C29H29ClN2O4S. The highest BCUT2D eigenvalue weighted by atomic mass is 35.5. The Morgan fingerprint density at radius 1 is 1.03 bits per heavy atom. The third-order valence-electron chi connectivity index (χ3n) is 5.82. The molecule has 0 aliphatic carbocycles. The van der Waals surface area contributed by atoms with Gasteiger partial charge >= 0.3 is 0 Å². The minimum absolute atomic E-state index is 0.143. The molecule has 0 unspecified atom stereocenters. The van der Waals surface area contributed by atoms with Crippen LogP contribution in [0.15, 0.2) is 70.5 Å². The molecule has 0 aromatic heterocycles.